The predicted octanol–water partition coefficient (Wildman–Crippen LogP) is 13.7. The number of aromatic nitrogens is 3. The van der Waals surface area contributed by atoms with Gasteiger partial charge in [-0.05, 0) is 83.7 Å². The van der Waals surface area contributed by atoms with Crippen LogP contribution in [-0.4, -0.2) is 13.7 Å². The summed E-state index contributed by atoms with van der Waals surface area (Å²) >= 11 is 0. The molecule has 0 saturated carbocycles. The highest BCUT2D eigenvalue weighted by Crippen LogP contribution is 2.43. The molecule has 0 spiro atoms. The Morgan fingerprint density at radius 3 is 1.45 bits per heavy atom. The summed E-state index contributed by atoms with van der Waals surface area (Å²) < 4.78 is 6.95. The predicted molar refractivity (Wildman–Crippen MR) is 227 cm³/mol. The Morgan fingerprint density at radius 1 is 0.345 bits per heavy atom. The molecule has 55 heavy (non-hydrogen) atoms. The topological polar surface area (TPSA) is 23.5 Å². The maximum atomic E-state index is 8.35. The molecule has 3 heterocycles. The summed E-state index contributed by atoms with van der Waals surface area (Å²) in [6.45, 7) is 16.0. The van der Waals surface area contributed by atoms with Crippen LogP contribution in [-0.2, 0) is 0 Å². The fraction of sp³-hybridized carbons (Fsp3) is 0. The molecule has 0 saturated heterocycles. The lowest BCUT2D eigenvalue weighted by molar-refractivity contribution is 1.16. The maximum absolute atomic E-state index is 8.35. The van der Waals surface area contributed by atoms with Crippen molar-refractivity contribution < 1.29 is 0 Å². The van der Waals surface area contributed by atoms with Gasteiger partial charge in [-0.3, -0.25) is 0 Å². The minimum atomic E-state index is 0.589. The summed E-state index contributed by atoms with van der Waals surface area (Å²) in [5.74, 6) is 0. The fourth-order valence-electron chi connectivity index (χ4n) is 8.77. The first-order valence-electron chi connectivity index (χ1n) is 18.3. The second-order valence-electron chi connectivity index (χ2n) is 13.9. The number of hydrogen-bond acceptors (Lipinski definition) is 0. The molecule has 0 amide bonds. The molecule has 0 N–H and O–H groups in total. The van der Waals surface area contributed by atoms with Gasteiger partial charge in [0.05, 0.1) is 46.2 Å². The molecule has 11 rings (SSSR count). The zero-order valence-corrected chi connectivity index (χ0v) is 29.5. The number of para-hydroxylation sites is 4. The van der Waals surface area contributed by atoms with Crippen LogP contribution in [0.5, 0.6) is 0 Å². The van der Waals surface area contributed by atoms with Crippen LogP contribution in [0.15, 0.2) is 176 Å². The highest BCUT2D eigenvalue weighted by atomic mass is 15.0. The van der Waals surface area contributed by atoms with Crippen LogP contribution in [0.2, 0.25) is 0 Å². The smallest absolute Gasteiger partial charge is 0.196 e. The Kier molecular flexibility index (Phi) is 6.61. The van der Waals surface area contributed by atoms with Gasteiger partial charge in [-0.25, -0.2) is 9.69 Å². The monoisotopic (exact) mass is 699 g/mol. The van der Waals surface area contributed by atoms with Crippen LogP contribution in [0.3, 0.4) is 0 Å². The van der Waals surface area contributed by atoms with Crippen molar-refractivity contribution in [3.63, 3.8) is 0 Å². The highest BCUT2D eigenvalue weighted by molar-refractivity contribution is 6.13. The summed E-state index contributed by atoms with van der Waals surface area (Å²) in [6, 6.07) is 61.3. The van der Waals surface area contributed by atoms with Gasteiger partial charge < -0.3 is 13.7 Å². The first-order chi connectivity index (χ1) is 27.2. The van der Waals surface area contributed by atoms with E-state index >= 15 is 0 Å². The number of benzene rings is 8. The van der Waals surface area contributed by atoms with Crippen molar-refractivity contribution in [3.8, 4) is 28.2 Å². The van der Waals surface area contributed by atoms with Crippen LogP contribution >= 0.6 is 0 Å². The van der Waals surface area contributed by atoms with Crippen molar-refractivity contribution in [2.75, 3.05) is 0 Å². The third kappa shape index (κ3) is 4.45. The number of hydrogen-bond donors (Lipinski definition) is 0. The van der Waals surface area contributed by atoms with Gasteiger partial charge in [0, 0.05) is 49.6 Å². The molecule has 8 aromatic carbocycles. The summed E-state index contributed by atoms with van der Waals surface area (Å²) in [5, 5.41) is 6.91. The zero-order chi connectivity index (χ0) is 36.6. The Hall–Kier alpha value is -7.86. The minimum Gasteiger partial charge on any atom is -0.310 e. The number of nitrogens with zero attached hydrogens (tertiary/aromatic N) is 5. The molecule has 0 atom stereocenters. The molecule has 11 aromatic rings. The fourth-order valence-corrected chi connectivity index (χ4v) is 8.77. The van der Waals surface area contributed by atoms with Crippen LogP contribution in [0, 0.1) is 13.1 Å². The Bertz CT molecular complexity index is 3420. The third-order valence-corrected chi connectivity index (χ3v) is 11.1. The zero-order valence-electron chi connectivity index (χ0n) is 29.5. The van der Waals surface area contributed by atoms with Gasteiger partial charge in [0.2, 0.25) is 0 Å². The Morgan fingerprint density at radius 2 is 0.836 bits per heavy atom. The van der Waals surface area contributed by atoms with Crippen molar-refractivity contribution in [2.45, 2.75) is 0 Å². The molecule has 0 radical (unpaired) electrons. The summed E-state index contributed by atoms with van der Waals surface area (Å²) in [6.07, 6.45) is 0. The average Bonchev–Trinajstić information content (AvgIpc) is 3.88. The molecular weight excluding hydrogens is 671 g/mol. The Balaban J connectivity index is 1.15. The van der Waals surface area contributed by atoms with Gasteiger partial charge in [0.15, 0.2) is 11.4 Å². The van der Waals surface area contributed by atoms with E-state index in [9.17, 15) is 0 Å². The second kappa shape index (κ2) is 11.8. The molecule has 254 valence electrons. The van der Waals surface area contributed by atoms with Crippen molar-refractivity contribution in [2.24, 2.45) is 0 Å². The number of rotatable bonds is 4. The van der Waals surface area contributed by atoms with E-state index in [1.54, 1.807) is 0 Å². The van der Waals surface area contributed by atoms with Gasteiger partial charge in [0.25, 0.3) is 0 Å². The van der Waals surface area contributed by atoms with Crippen molar-refractivity contribution in [1.29, 1.82) is 0 Å². The van der Waals surface area contributed by atoms with Crippen LogP contribution in [0.1, 0.15) is 0 Å². The molecule has 5 nitrogen and oxygen atoms in total. The molecule has 0 aliphatic carbocycles. The van der Waals surface area contributed by atoms with Crippen LogP contribution < -0.4 is 0 Å². The first kappa shape index (κ1) is 30.7. The highest BCUT2D eigenvalue weighted by Gasteiger charge is 2.21. The van der Waals surface area contributed by atoms with Gasteiger partial charge in [-0.15, -0.1) is 0 Å². The lowest BCUT2D eigenvalue weighted by atomic mass is 10.00. The minimum absolute atomic E-state index is 0.589. The van der Waals surface area contributed by atoms with Crippen LogP contribution in [0.4, 0.5) is 11.4 Å². The molecule has 0 unspecified atom stereocenters. The van der Waals surface area contributed by atoms with Crippen molar-refractivity contribution in [3.05, 3.63) is 199 Å². The standard InChI is InChI=1S/C50H29N5/c1-51-33-25-27-47-40(30-33)38-17-5-9-22-45(38)53(47)34-14-11-13-32(29-34)50-42(52-2)19-12-24-49(50)55-46-23-10-6-18-39(46)41-31-35(26-28-48(41)55)54-43-20-7-3-15-36(43)37-16-4-8-21-44(37)54/h3-31H. The van der Waals surface area contributed by atoms with Crippen molar-refractivity contribution >= 4 is 76.8 Å². The van der Waals surface area contributed by atoms with E-state index in [0.717, 1.165) is 71.8 Å². The normalized spacial score (nSPS) is 11.6. The molecule has 5 heteroatoms. The lowest BCUT2D eigenvalue weighted by Gasteiger charge is -2.17. The number of fused-ring (bicyclic) bond motifs is 9. The molecule has 3 aromatic heterocycles. The Labute approximate surface area is 316 Å². The van der Waals surface area contributed by atoms with Crippen LogP contribution in [0.25, 0.3) is 103 Å². The molecule has 0 bridgehead atoms. The summed E-state index contributed by atoms with van der Waals surface area (Å²) in [5.41, 5.74) is 12.7. The summed E-state index contributed by atoms with van der Waals surface area (Å²) in [7, 11) is 0. The largest absolute Gasteiger partial charge is 0.310 e. The van der Waals surface area contributed by atoms with Gasteiger partial charge in [0.1, 0.15) is 0 Å². The second-order valence-corrected chi connectivity index (χ2v) is 13.9. The van der Waals surface area contributed by atoms with E-state index in [4.69, 9.17) is 13.1 Å². The SMILES string of the molecule is [C-]#[N+]c1ccc2c(c1)c1ccccc1n2-c1cccc(-c2c([N+]#[C-])cccc2-n2c3ccccc3c3cc(-n4c5ccccc5c5ccccc54)ccc32)c1. The van der Waals surface area contributed by atoms with E-state index in [-0.39, 0.29) is 0 Å². The third-order valence-electron chi connectivity index (χ3n) is 11.1. The molecular formula is C50H29N5. The van der Waals surface area contributed by atoms with E-state index < -0.39 is 0 Å². The summed E-state index contributed by atoms with van der Waals surface area (Å²) in [4.78, 5) is 7.80. The van der Waals surface area contributed by atoms with E-state index in [1.165, 1.54) is 21.8 Å². The average molecular weight is 700 g/mol. The van der Waals surface area contributed by atoms with Gasteiger partial charge in [-0.2, -0.15) is 0 Å². The maximum Gasteiger partial charge on any atom is 0.196 e. The molecule has 0 aliphatic heterocycles. The lowest BCUT2D eigenvalue weighted by Crippen LogP contribution is -1.99. The van der Waals surface area contributed by atoms with E-state index in [2.05, 4.69) is 163 Å². The van der Waals surface area contributed by atoms with E-state index in [0.29, 0.717) is 11.4 Å². The van der Waals surface area contributed by atoms with Crippen molar-refractivity contribution in [1.82, 2.24) is 13.7 Å². The quantitative estimate of drug-likeness (QED) is 0.163. The van der Waals surface area contributed by atoms with Gasteiger partial charge >= 0.3 is 0 Å². The van der Waals surface area contributed by atoms with Gasteiger partial charge in [-0.1, -0.05) is 103 Å². The molecule has 0 aliphatic rings. The van der Waals surface area contributed by atoms with E-state index in [1.807, 2.05) is 36.4 Å². The molecule has 0 fully saturated rings. The first-order valence-corrected chi connectivity index (χ1v) is 18.3.